The largest absolute Gasteiger partial charge is 0.465 e. The quantitative estimate of drug-likeness (QED) is 0.711. The molecule has 1 aromatic rings. The number of rotatable bonds is 1. The van der Waals surface area contributed by atoms with Gasteiger partial charge in [0.2, 0.25) is 0 Å². The molecule has 1 aliphatic carbocycles. The third kappa shape index (κ3) is 1.88. The minimum atomic E-state index is -0.281. The van der Waals surface area contributed by atoms with Gasteiger partial charge in [0.25, 0.3) is 0 Å². The number of hydrogen-bond acceptors (Lipinski definition) is 3. The molecule has 0 heterocycles. The summed E-state index contributed by atoms with van der Waals surface area (Å²) in [6.07, 6.45) is 3.14. The first-order chi connectivity index (χ1) is 7.22. The van der Waals surface area contributed by atoms with Crippen LogP contribution in [0.15, 0.2) is 18.2 Å². The number of methoxy groups -OCH3 is 1. The third-order valence-corrected chi connectivity index (χ3v) is 2.92. The highest BCUT2D eigenvalue weighted by atomic mass is 16.5. The van der Waals surface area contributed by atoms with E-state index in [0.717, 1.165) is 19.3 Å². The topological polar surface area (TPSA) is 52.3 Å². The van der Waals surface area contributed by atoms with Crippen LogP contribution in [-0.2, 0) is 11.2 Å². The van der Waals surface area contributed by atoms with Crippen LogP contribution in [0.3, 0.4) is 0 Å². The second-order valence-corrected chi connectivity index (χ2v) is 3.90. The first-order valence-corrected chi connectivity index (χ1v) is 5.19. The van der Waals surface area contributed by atoms with Crippen molar-refractivity contribution in [2.45, 2.75) is 25.3 Å². The van der Waals surface area contributed by atoms with E-state index >= 15 is 0 Å². The van der Waals surface area contributed by atoms with E-state index in [2.05, 4.69) is 4.74 Å². The van der Waals surface area contributed by atoms with Gasteiger partial charge in [-0.05, 0) is 42.5 Å². The van der Waals surface area contributed by atoms with Crippen LogP contribution >= 0.6 is 0 Å². The van der Waals surface area contributed by atoms with E-state index in [0.29, 0.717) is 5.56 Å². The number of hydrogen-bond donors (Lipinski definition) is 1. The molecule has 2 rings (SSSR count). The second kappa shape index (κ2) is 4.03. The molecule has 3 nitrogen and oxygen atoms in total. The maximum atomic E-state index is 11.3. The van der Waals surface area contributed by atoms with Gasteiger partial charge >= 0.3 is 5.97 Å². The van der Waals surface area contributed by atoms with Crippen LogP contribution in [0.1, 0.15) is 40.4 Å². The maximum Gasteiger partial charge on any atom is 0.337 e. The van der Waals surface area contributed by atoms with E-state index < -0.39 is 0 Å². The molecule has 0 aromatic heterocycles. The molecule has 3 heteroatoms. The van der Waals surface area contributed by atoms with Gasteiger partial charge in [0.15, 0.2) is 0 Å². The van der Waals surface area contributed by atoms with Crippen LogP contribution in [0.25, 0.3) is 0 Å². The van der Waals surface area contributed by atoms with Crippen molar-refractivity contribution in [2.75, 3.05) is 7.11 Å². The number of esters is 1. The Balaban J connectivity index is 2.37. The van der Waals surface area contributed by atoms with Crippen molar-refractivity contribution >= 4 is 5.97 Å². The number of ether oxygens (including phenoxy) is 1. The monoisotopic (exact) mass is 205 g/mol. The van der Waals surface area contributed by atoms with Gasteiger partial charge in [0.1, 0.15) is 0 Å². The third-order valence-electron chi connectivity index (χ3n) is 2.92. The first-order valence-electron chi connectivity index (χ1n) is 5.19. The lowest BCUT2D eigenvalue weighted by atomic mass is 9.87. The van der Waals surface area contributed by atoms with Crippen LogP contribution in [0, 0.1) is 0 Å². The molecule has 1 aromatic carbocycles. The summed E-state index contributed by atoms with van der Waals surface area (Å²) < 4.78 is 4.68. The highest BCUT2D eigenvalue weighted by Crippen LogP contribution is 2.28. The van der Waals surface area contributed by atoms with Gasteiger partial charge in [-0.2, -0.15) is 0 Å². The standard InChI is InChI=1S/C12H15NO2/c1-15-12(14)9-5-6-10-8(7-9)3-2-4-11(10)13/h5-7,11H,2-4,13H2,1H3/t11-/m0/s1. The van der Waals surface area contributed by atoms with Crippen molar-refractivity contribution in [2.24, 2.45) is 5.73 Å². The number of carbonyl (C=O) groups excluding carboxylic acids is 1. The summed E-state index contributed by atoms with van der Waals surface area (Å²) in [4.78, 5) is 11.3. The molecule has 0 spiro atoms. The molecule has 1 atom stereocenters. The zero-order valence-electron chi connectivity index (χ0n) is 8.82. The molecule has 0 fully saturated rings. The zero-order chi connectivity index (χ0) is 10.8. The maximum absolute atomic E-state index is 11.3. The Bertz CT molecular complexity index is 387. The Hall–Kier alpha value is -1.35. The zero-order valence-corrected chi connectivity index (χ0v) is 8.82. The summed E-state index contributed by atoms with van der Waals surface area (Å²) in [5.41, 5.74) is 8.97. The Morgan fingerprint density at radius 2 is 2.33 bits per heavy atom. The molecule has 1 aliphatic rings. The van der Waals surface area contributed by atoms with Gasteiger partial charge in [-0.1, -0.05) is 6.07 Å². The lowest BCUT2D eigenvalue weighted by molar-refractivity contribution is 0.0600. The van der Waals surface area contributed by atoms with Crippen molar-refractivity contribution in [1.82, 2.24) is 0 Å². The van der Waals surface area contributed by atoms with Crippen LogP contribution in [0.5, 0.6) is 0 Å². The van der Waals surface area contributed by atoms with Gasteiger partial charge in [-0.3, -0.25) is 0 Å². The van der Waals surface area contributed by atoms with E-state index in [1.807, 2.05) is 12.1 Å². The Morgan fingerprint density at radius 1 is 1.53 bits per heavy atom. The van der Waals surface area contributed by atoms with Gasteiger partial charge in [0.05, 0.1) is 12.7 Å². The van der Waals surface area contributed by atoms with E-state index in [1.54, 1.807) is 6.07 Å². The fourth-order valence-electron chi connectivity index (χ4n) is 2.10. The molecule has 0 unspecified atom stereocenters. The van der Waals surface area contributed by atoms with Crippen molar-refractivity contribution in [3.63, 3.8) is 0 Å². The summed E-state index contributed by atoms with van der Waals surface area (Å²) in [5.74, 6) is -0.281. The SMILES string of the molecule is COC(=O)c1ccc2c(c1)CCC[C@@H]2N. The van der Waals surface area contributed by atoms with Gasteiger partial charge in [-0.15, -0.1) is 0 Å². The van der Waals surface area contributed by atoms with Crippen molar-refractivity contribution in [3.05, 3.63) is 34.9 Å². The molecule has 15 heavy (non-hydrogen) atoms. The lowest BCUT2D eigenvalue weighted by Crippen LogP contribution is -2.18. The summed E-state index contributed by atoms with van der Waals surface area (Å²) in [5, 5.41) is 0. The van der Waals surface area contributed by atoms with Crippen LogP contribution in [0.2, 0.25) is 0 Å². The summed E-state index contributed by atoms with van der Waals surface area (Å²) in [7, 11) is 1.40. The molecule has 0 amide bonds. The van der Waals surface area contributed by atoms with Crippen molar-refractivity contribution in [3.8, 4) is 0 Å². The van der Waals surface area contributed by atoms with Gasteiger partial charge in [0, 0.05) is 6.04 Å². The van der Waals surface area contributed by atoms with Crippen molar-refractivity contribution < 1.29 is 9.53 Å². The minimum Gasteiger partial charge on any atom is -0.465 e. The molecular formula is C12H15NO2. The van der Waals surface area contributed by atoms with E-state index in [-0.39, 0.29) is 12.0 Å². The van der Waals surface area contributed by atoms with Crippen molar-refractivity contribution in [1.29, 1.82) is 0 Å². The molecule has 80 valence electrons. The number of aryl methyl sites for hydroxylation is 1. The minimum absolute atomic E-state index is 0.125. The van der Waals surface area contributed by atoms with Crippen LogP contribution < -0.4 is 5.73 Å². The average Bonchev–Trinajstić information content (AvgIpc) is 2.28. The van der Waals surface area contributed by atoms with Gasteiger partial charge in [-0.25, -0.2) is 4.79 Å². The second-order valence-electron chi connectivity index (χ2n) is 3.90. The molecule has 0 aliphatic heterocycles. The highest BCUT2D eigenvalue weighted by Gasteiger charge is 2.18. The average molecular weight is 205 g/mol. The molecular weight excluding hydrogens is 190 g/mol. The smallest absolute Gasteiger partial charge is 0.337 e. The lowest BCUT2D eigenvalue weighted by Gasteiger charge is -2.22. The Kier molecular flexibility index (Phi) is 2.73. The fraction of sp³-hybridized carbons (Fsp3) is 0.417. The summed E-state index contributed by atoms with van der Waals surface area (Å²) in [6.45, 7) is 0. The summed E-state index contributed by atoms with van der Waals surface area (Å²) >= 11 is 0. The summed E-state index contributed by atoms with van der Waals surface area (Å²) in [6, 6.07) is 5.77. The normalized spacial score (nSPS) is 19.5. The number of benzene rings is 1. The Labute approximate surface area is 89.2 Å². The number of nitrogens with two attached hydrogens (primary N) is 1. The van der Waals surface area contributed by atoms with Crippen LogP contribution in [-0.4, -0.2) is 13.1 Å². The molecule has 2 N–H and O–H groups in total. The van der Waals surface area contributed by atoms with Gasteiger partial charge < -0.3 is 10.5 Å². The Morgan fingerprint density at radius 3 is 3.07 bits per heavy atom. The molecule has 0 radical (unpaired) electrons. The first kappa shape index (κ1) is 10.2. The number of fused-ring (bicyclic) bond motifs is 1. The number of carbonyl (C=O) groups is 1. The van der Waals surface area contributed by atoms with E-state index in [4.69, 9.17) is 5.73 Å². The predicted molar refractivity (Wildman–Crippen MR) is 57.6 cm³/mol. The predicted octanol–water partition coefficient (Wildman–Crippen LogP) is 1.81. The van der Waals surface area contributed by atoms with E-state index in [1.165, 1.54) is 18.2 Å². The van der Waals surface area contributed by atoms with Crippen LogP contribution in [0.4, 0.5) is 0 Å². The molecule has 0 saturated heterocycles. The molecule has 0 bridgehead atoms. The fourth-order valence-corrected chi connectivity index (χ4v) is 2.10. The van der Waals surface area contributed by atoms with E-state index in [9.17, 15) is 4.79 Å². The highest BCUT2D eigenvalue weighted by molar-refractivity contribution is 5.89. The molecule has 0 saturated carbocycles.